The molecule has 0 aliphatic carbocycles. The Labute approximate surface area is 117 Å². The minimum absolute atomic E-state index is 0.0747. The summed E-state index contributed by atoms with van der Waals surface area (Å²) in [7, 11) is -4.24. The van der Waals surface area contributed by atoms with Gasteiger partial charge in [-0.15, -0.1) is 0 Å². The van der Waals surface area contributed by atoms with E-state index in [4.69, 9.17) is 0 Å². The minimum atomic E-state index is -4.72. The number of hydrogen-bond donors (Lipinski definition) is 1. The lowest BCUT2D eigenvalue weighted by atomic mass is 10.0. The van der Waals surface area contributed by atoms with Crippen molar-refractivity contribution in [3.63, 3.8) is 0 Å². The summed E-state index contributed by atoms with van der Waals surface area (Å²) in [5, 5.41) is 0. The van der Waals surface area contributed by atoms with Crippen LogP contribution in [0.4, 0.5) is 13.2 Å². The van der Waals surface area contributed by atoms with E-state index in [1.54, 1.807) is 20.8 Å². The highest BCUT2D eigenvalue weighted by Gasteiger charge is 2.40. The average Bonchev–Trinajstić information content (AvgIpc) is 2.15. The van der Waals surface area contributed by atoms with E-state index in [2.05, 4.69) is 4.72 Å². The average molecular weight is 309 g/mol. The zero-order valence-corrected chi connectivity index (χ0v) is 12.8. The number of hydrogen-bond acceptors (Lipinski definition) is 2. The minimum Gasteiger partial charge on any atom is -0.207 e. The Morgan fingerprint density at radius 3 is 1.95 bits per heavy atom. The number of alkyl halides is 3. The first-order valence-electron chi connectivity index (χ1n) is 5.97. The molecular formula is C13H18F3NO2S. The van der Waals surface area contributed by atoms with E-state index < -0.39 is 32.2 Å². The number of benzene rings is 1. The molecule has 0 amide bonds. The molecule has 1 N–H and O–H groups in total. The van der Waals surface area contributed by atoms with Gasteiger partial charge in [-0.1, -0.05) is 6.07 Å². The molecule has 0 saturated carbocycles. The van der Waals surface area contributed by atoms with Crippen LogP contribution in [0.1, 0.15) is 37.5 Å². The predicted octanol–water partition coefficient (Wildman–Crippen LogP) is 3.40. The Hall–Kier alpha value is -1.08. The molecule has 0 aromatic heterocycles. The van der Waals surface area contributed by atoms with Crippen molar-refractivity contribution in [2.75, 3.05) is 0 Å². The fourth-order valence-electron chi connectivity index (χ4n) is 1.83. The van der Waals surface area contributed by atoms with Crippen LogP contribution in [-0.2, 0) is 16.2 Å². The second-order valence-electron chi connectivity index (χ2n) is 5.73. The molecule has 0 radical (unpaired) electrons. The lowest BCUT2D eigenvalue weighted by Crippen LogP contribution is -2.41. The first-order chi connectivity index (χ1) is 8.76. The van der Waals surface area contributed by atoms with Gasteiger partial charge in [-0.25, -0.2) is 13.1 Å². The molecular weight excluding hydrogens is 291 g/mol. The highest BCUT2D eigenvalue weighted by molar-refractivity contribution is 7.89. The van der Waals surface area contributed by atoms with Crippen LogP contribution in [0.15, 0.2) is 17.0 Å². The van der Waals surface area contributed by atoms with Gasteiger partial charge in [0.1, 0.15) is 0 Å². The summed E-state index contributed by atoms with van der Waals surface area (Å²) in [5.74, 6) is 0. The lowest BCUT2D eigenvalue weighted by molar-refractivity contribution is -0.140. The van der Waals surface area contributed by atoms with E-state index in [-0.39, 0.29) is 5.56 Å². The lowest BCUT2D eigenvalue weighted by Gasteiger charge is -2.23. The molecule has 20 heavy (non-hydrogen) atoms. The Morgan fingerprint density at radius 2 is 1.55 bits per heavy atom. The number of nitrogens with one attached hydrogen (secondary N) is 1. The van der Waals surface area contributed by atoms with Gasteiger partial charge in [-0.05, 0) is 51.8 Å². The molecule has 1 rings (SSSR count). The first-order valence-corrected chi connectivity index (χ1v) is 7.45. The van der Waals surface area contributed by atoms with E-state index in [9.17, 15) is 21.6 Å². The third-order valence-electron chi connectivity index (χ3n) is 2.71. The summed E-state index contributed by atoms with van der Waals surface area (Å²) in [6.45, 7) is 7.49. The molecule has 1 aromatic carbocycles. The maximum atomic E-state index is 13.2. The summed E-state index contributed by atoms with van der Waals surface area (Å²) < 4.78 is 66.1. The van der Waals surface area contributed by atoms with Gasteiger partial charge in [0.2, 0.25) is 10.0 Å². The van der Waals surface area contributed by atoms with Crippen LogP contribution in [0, 0.1) is 13.8 Å². The monoisotopic (exact) mass is 309 g/mol. The van der Waals surface area contributed by atoms with Crippen molar-refractivity contribution in [2.24, 2.45) is 0 Å². The Kier molecular flexibility index (Phi) is 4.27. The van der Waals surface area contributed by atoms with Crippen LogP contribution in [0.25, 0.3) is 0 Å². The van der Waals surface area contributed by atoms with Crippen molar-refractivity contribution in [1.82, 2.24) is 4.72 Å². The maximum absolute atomic E-state index is 13.2. The summed E-state index contributed by atoms with van der Waals surface area (Å²) >= 11 is 0. The number of sulfonamides is 1. The standard InChI is InChI=1S/C13H18F3NO2S/c1-8-6-7-10(11(9(8)2)13(14,15)16)20(18,19)17-12(3,4)5/h6-7,17H,1-5H3. The quantitative estimate of drug-likeness (QED) is 0.910. The van der Waals surface area contributed by atoms with Gasteiger partial charge in [0.15, 0.2) is 0 Å². The highest BCUT2D eigenvalue weighted by Crippen LogP contribution is 2.37. The number of aryl methyl sites for hydroxylation is 1. The van der Waals surface area contributed by atoms with Gasteiger partial charge in [0, 0.05) is 5.54 Å². The van der Waals surface area contributed by atoms with Gasteiger partial charge < -0.3 is 0 Å². The van der Waals surface area contributed by atoms with E-state index >= 15 is 0 Å². The van der Waals surface area contributed by atoms with E-state index in [1.165, 1.54) is 19.9 Å². The predicted molar refractivity (Wildman–Crippen MR) is 71.0 cm³/mol. The molecule has 3 nitrogen and oxygen atoms in total. The third kappa shape index (κ3) is 3.73. The smallest absolute Gasteiger partial charge is 0.207 e. The van der Waals surface area contributed by atoms with Crippen LogP contribution in [0.2, 0.25) is 0 Å². The first kappa shape index (κ1) is 17.0. The van der Waals surface area contributed by atoms with Crippen LogP contribution >= 0.6 is 0 Å². The molecule has 0 bridgehead atoms. The highest BCUT2D eigenvalue weighted by atomic mass is 32.2. The van der Waals surface area contributed by atoms with Crippen LogP contribution in [0.5, 0.6) is 0 Å². The van der Waals surface area contributed by atoms with Crippen molar-refractivity contribution in [1.29, 1.82) is 0 Å². The fraction of sp³-hybridized carbons (Fsp3) is 0.538. The molecule has 0 aliphatic rings. The molecule has 0 spiro atoms. The SMILES string of the molecule is Cc1ccc(S(=O)(=O)NC(C)(C)C)c(C(F)(F)F)c1C. The van der Waals surface area contributed by atoms with Crippen LogP contribution in [0.3, 0.4) is 0 Å². The normalized spacial score (nSPS) is 13.6. The summed E-state index contributed by atoms with van der Waals surface area (Å²) in [4.78, 5) is -0.733. The molecule has 0 fully saturated rings. The third-order valence-corrected chi connectivity index (χ3v) is 4.51. The zero-order chi connectivity index (χ0) is 15.9. The largest absolute Gasteiger partial charge is 0.417 e. The summed E-state index contributed by atoms with van der Waals surface area (Å²) in [5.41, 5.74) is -1.64. The van der Waals surface area contributed by atoms with E-state index in [1.807, 2.05) is 0 Å². The molecule has 0 aliphatic heterocycles. The molecule has 0 saturated heterocycles. The summed E-state index contributed by atoms with van der Waals surface area (Å²) in [6.07, 6.45) is -4.72. The van der Waals surface area contributed by atoms with E-state index in [0.717, 1.165) is 6.07 Å². The second-order valence-corrected chi connectivity index (χ2v) is 7.38. The molecule has 0 atom stereocenters. The number of halogens is 3. The van der Waals surface area contributed by atoms with Crippen molar-refractivity contribution in [3.8, 4) is 0 Å². The van der Waals surface area contributed by atoms with Gasteiger partial charge in [-0.3, -0.25) is 0 Å². The van der Waals surface area contributed by atoms with Gasteiger partial charge in [0.05, 0.1) is 10.5 Å². The summed E-state index contributed by atoms with van der Waals surface area (Å²) in [6, 6.07) is 2.38. The van der Waals surface area contributed by atoms with E-state index in [0.29, 0.717) is 5.56 Å². The van der Waals surface area contributed by atoms with Gasteiger partial charge in [0.25, 0.3) is 0 Å². The molecule has 0 unspecified atom stereocenters. The Balaban J connectivity index is 3.59. The zero-order valence-electron chi connectivity index (χ0n) is 12.0. The molecule has 0 heterocycles. The number of rotatable bonds is 2. The van der Waals surface area contributed by atoms with Crippen LogP contribution in [-0.4, -0.2) is 14.0 Å². The van der Waals surface area contributed by atoms with Crippen molar-refractivity contribution >= 4 is 10.0 Å². The van der Waals surface area contributed by atoms with Crippen molar-refractivity contribution in [2.45, 2.75) is 51.2 Å². The molecule has 1 aromatic rings. The van der Waals surface area contributed by atoms with Crippen molar-refractivity contribution in [3.05, 3.63) is 28.8 Å². The fourth-order valence-corrected chi connectivity index (χ4v) is 3.53. The van der Waals surface area contributed by atoms with Crippen molar-refractivity contribution < 1.29 is 21.6 Å². The maximum Gasteiger partial charge on any atom is 0.417 e. The Morgan fingerprint density at radius 1 is 1.05 bits per heavy atom. The topological polar surface area (TPSA) is 46.2 Å². The second kappa shape index (κ2) is 5.04. The molecule has 7 heteroatoms. The molecule has 114 valence electrons. The van der Waals surface area contributed by atoms with Crippen LogP contribution < -0.4 is 4.72 Å². The van der Waals surface area contributed by atoms with Gasteiger partial charge >= 0.3 is 6.18 Å². The van der Waals surface area contributed by atoms with Gasteiger partial charge in [-0.2, -0.15) is 13.2 Å². The Bertz CT molecular complexity index is 614.